The zero-order valence-electron chi connectivity index (χ0n) is 8.93. The van der Waals surface area contributed by atoms with Gasteiger partial charge in [0.15, 0.2) is 0 Å². The van der Waals surface area contributed by atoms with E-state index < -0.39 is 0 Å². The molecule has 0 aliphatic heterocycles. The first-order valence-electron chi connectivity index (χ1n) is 4.86. The summed E-state index contributed by atoms with van der Waals surface area (Å²) in [5.74, 6) is 0.759. The van der Waals surface area contributed by atoms with Gasteiger partial charge in [0.25, 0.3) is 0 Å². The molecule has 12 heavy (non-hydrogen) atoms. The van der Waals surface area contributed by atoms with Gasteiger partial charge in [0, 0.05) is 12.6 Å². The molecule has 0 bridgehead atoms. The highest BCUT2D eigenvalue weighted by molar-refractivity contribution is 4.82. The minimum atomic E-state index is 0.135. The lowest BCUT2D eigenvalue weighted by atomic mass is 9.79. The molecule has 2 heteroatoms. The average molecular weight is 172 g/mol. The Kier molecular flexibility index (Phi) is 4.80. The topological polar surface area (TPSA) is 52.0 Å². The van der Waals surface area contributed by atoms with Crippen LogP contribution in [-0.2, 0) is 0 Å². The zero-order valence-corrected chi connectivity index (χ0v) is 8.93. The van der Waals surface area contributed by atoms with Gasteiger partial charge in [-0.2, -0.15) is 0 Å². The maximum atomic E-state index is 5.91. The molecule has 0 saturated carbocycles. The highest BCUT2D eigenvalue weighted by Crippen LogP contribution is 2.27. The molecule has 0 saturated heterocycles. The van der Waals surface area contributed by atoms with Crippen LogP contribution < -0.4 is 11.5 Å². The summed E-state index contributed by atoms with van der Waals surface area (Å²) < 4.78 is 0. The second kappa shape index (κ2) is 4.83. The fraction of sp³-hybridized carbons (Fsp3) is 1.00. The first-order valence-corrected chi connectivity index (χ1v) is 4.86. The lowest BCUT2D eigenvalue weighted by Crippen LogP contribution is -2.43. The quantitative estimate of drug-likeness (QED) is 0.663. The van der Waals surface area contributed by atoms with E-state index in [1.54, 1.807) is 0 Å². The summed E-state index contributed by atoms with van der Waals surface area (Å²) in [7, 11) is 0. The molecule has 2 nitrogen and oxygen atoms in total. The van der Waals surface area contributed by atoms with Crippen molar-refractivity contribution < 1.29 is 0 Å². The van der Waals surface area contributed by atoms with E-state index in [0.717, 1.165) is 5.92 Å². The molecule has 0 aromatic heterocycles. The molecule has 0 aromatic carbocycles. The van der Waals surface area contributed by atoms with Crippen molar-refractivity contribution in [3.8, 4) is 0 Å². The third-order valence-electron chi connectivity index (χ3n) is 2.62. The minimum absolute atomic E-state index is 0.135. The molecule has 0 radical (unpaired) electrons. The van der Waals surface area contributed by atoms with Crippen molar-refractivity contribution in [3.63, 3.8) is 0 Å². The molecule has 0 unspecified atom stereocenters. The van der Waals surface area contributed by atoms with Gasteiger partial charge in [-0.25, -0.2) is 0 Å². The van der Waals surface area contributed by atoms with Gasteiger partial charge >= 0.3 is 0 Å². The van der Waals surface area contributed by atoms with E-state index >= 15 is 0 Å². The normalized spacial score (nSPS) is 15.2. The second-order valence-corrected chi connectivity index (χ2v) is 4.76. The van der Waals surface area contributed by atoms with Crippen LogP contribution in [0.5, 0.6) is 0 Å². The molecular formula is C10H24N2. The van der Waals surface area contributed by atoms with E-state index in [2.05, 4.69) is 27.7 Å². The van der Waals surface area contributed by atoms with E-state index in [-0.39, 0.29) is 11.5 Å². The van der Waals surface area contributed by atoms with Crippen molar-refractivity contribution in [2.75, 3.05) is 6.54 Å². The van der Waals surface area contributed by atoms with Gasteiger partial charge in [0.1, 0.15) is 0 Å². The Bertz CT molecular complexity index is 119. The van der Waals surface area contributed by atoms with Crippen LogP contribution in [0.3, 0.4) is 0 Å². The summed E-state index contributed by atoms with van der Waals surface area (Å²) >= 11 is 0. The second-order valence-electron chi connectivity index (χ2n) is 4.76. The predicted octanol–water partition coefficient (Wildman–Crippen LogP) is 1.73. The zero-order chi connectivity index (χ0) is 9.78. The number of rotatable bonds is 5. The molecule has 0 spiro atoms. The molecule has 0 amide bonds. The van der Waals surface area contributed by atoms with Crippen LogP contribution in [-0.4, -0.2) is 12.6 Å². The Morgan fingerprint density at radius 3 is 2.08 bits per heavy atom. The Balaban J connectivity index is 3.86. The first kappa shape index (κ1) is 11.9. The maximum Gasteiger partial charge on any atom is 0.0215 e. The summed E-state index contributed by atoms with van der Waals surface area (Å²) in [5, 5.41) is 0. The summed E-state index contributed by atoms with van der Waals surface area (Å²) in [6.45, 7) is 9.47. The third kappa shape index (κ3) is 4.07. The van der Waals surface area contributed by atoms with Gasteiger partial charge < -0.3 is 11.5 Å². The van der Waals surface area contributed by atoms with Crippen LogP contribution in [0.15, 0.2) is 0 Å². The van der Waals surface area contributed by atoms with E-state index in [0.29, 0.717) is 6.54 Å². The highest BCUT2D eigenvalue weighted by atomic mass is 14.7. The van der Waals surface area contributed by atoms with Crippen LogP contribution in [0.4, 0.5) is 0 Å². The maximum absolute atomic E-state index is 5.91. The van der Waals surface area contributed by atoms with Gasteiger partial charge in [0.05, 0.1) is 0 Å². The molecule has 0 aliphatic rings. The fourth-order valence-corrected chi connectivity index (χ4v) is 1.17. The van der Waals surface area contributed by atoms with Gasteiger partial charge in [-0.05, 0) is 17.8 Å². The van der Waals surface area contributed by atoms with E-state index in [4.69, 9.17) is 11.5 Å². The van der Waals surface area contributed by atoms with Crippen molar-refractivity contribution in [2.45, 2.75) is 46.6 Å². The standard InChI is InChI=1S/C10H24N2/c1-8(2)5-6-10(3,4)9(12)7-11/h8-9H,5-7,11-12H2,1-4H3/t9-/m1/s1. The summed E-state index contributed by atoms with van der Waals surface area (Å²) in [6.07, 6.45) is 2.41. The Hall–Kier alpha value is -0.0800. The Morgan fingerprint density at radius 1 is 1.25 bits per heavy atom. The Labute approximate surface area is 76.7 Å². The number of hydrogen-bond acceptors (Lipinski definition) is 2. The van der Waals surface area contributed by atoms with Crippen LogP contribution in [0, 0.1) is 11.3 Å². The summed E-state index contributed by atoms with van der Waals surface area (Å²) in [4.78, 5) is 0. The van der Waals surface area contributed by atoms with Crippen molar-refractivity contribution in [3.05, 3.63) is 0 Å². The van der Waals surface area contributed by atoms with Crippen molar-refractivity contribution in [1.82, 2.24) is 0 Å². The SMILES string of the molecule is CC(C)CCC(C)(C)[C@H](N)CN. The van der Waals surface area contributed by atoms with Gasteiger partial charge in [0.2, 0.25) is 0 Å². The van der Waals surface area contributed by atoms with Gasteiger partial charge in [-0.3, -0.25) is 0 Å². The van der Waals surface area contributed by atoms with Gasteiger partial charge in [-0.1, -0.05) is 34.1 Å². The van der Waals surface area contributed by atoms with Crippen LogP contribution in [0.1, 0.15) is 40.5 Å². The Morgan fingerprint density at radius 2 is 1.75 bits per heavy atom. The smallest absolute Gasteiger partial charge is 0.0215 e. The van der Waals surface area contributed by atoms with Crippen molar-refractivity contribution >= 4 is 0 Å². The molecule has 74 valence electrons. The number of nitrogens with two attached hydrogens (primary N) is 2. The van der Waals surface area contributed by atoms with Crippen LogP contribution in [0.2, 0.25) is 0 Å². The molecule has 1 atom stereocenters. The predicted molar refractivity (Wildman–Crippen MR) is 54.9 cm³/mol. The molecule has 0 aliphatic carbocycles. The lowest BCUT2D eigenvalue weighted by Gasteiger charge is -2.31. The average Bonchev–Trinajstić information content (AvgIpc) is 1.99. The molecule has 0 rings (SSSR count). The van der Waals surface area contributed by atoms with E-state index in [9.17, 15) is 0 Å². The third-order valence-corrected chi connectivity index (χ3v) is 2.62. The summed E-state index contributed by atoms with van der Waals surface area (Å²) in [6, 6.07) is 0.135. The molecule has 0 heterocycles. The molecule has 0 fully saturated rings. The first-order chi connectivity index (χ1) is 5.40. The number of hydrogen-bond donors (Lipinski definition) is 2. The minimum Gasteiger partial charge on any atom is -0.329 e. The van der Waals surface area contributed by atoms with Crippen LogP contribution >= 0.6 is 0 Å². The highest BCUT2D eigenvalue weighted by Gasteiger charge is 2.24. The van der Waals surface area contributed by atoms with E-state index in [1.807, 2.05) is 0 Å². The van der Waals surface area contributed by atoms with Crippen molar-refractivity contribution in [1.29, 1.82) is 0 Å². The molecule has 0 aromatic rings. The van der Waals surface area contributed by atoms with Crippen molar-refractivity contribution in [2.24, 2.45) is 22.8 Å². The molecular weight excluding hydrogens is 148 g/mol. The van der Waals surface area contributed by atoms with Gasteiger partial charge in [-0.15, -0.1) is 0 Å². The lowest BCUT2D eigenvalue weighted by molar-refractivity contribution is 0.247. The molecule has 4 N–H and O–H groups in total. The largest absolute Gasteiger partial charge is 0.329 e. The van der Waals surface area contributed by atoms with Crippen LogP contribution in [0.25, 0.3) is 0 Å². The monoisotopic (exact) mass is 172 g/mol. The van der Waals surface area contributed by atoms with E-state index in [1.165, 1.54) is 12.8 Å². The summed E-state index contributed by atoms with van der Waals surface area (Å²) in [5.41, 5.74) is 11.6. The fourth-order valence-electron chi connectivity index (χ4n) is 1.17.